The number of methoxy groups -OCH3 is 1. The molecule has 1 N–H and O–H groups in total. The zero-order valence-electron chi connectivity index (χ0n) is 9.90. The average molecular weight is 208 g/mol. The van der Waals surface area contributed by atoms with Crippen molar-refractivity contribution in [2.75, 3.05) is 7.09 Å². The van der Waals surface area contributed by atoms with E-state index in [1.807, 2.05) is 37.3 Å². The lowest BCUT2D eigenvalue weighted by Gasteiger charge is -2.14. The minimum Gasteiger partial charge on any atom is -0.468 e. The first-order valence-corrected chi connectivity index (χ1v) is 5.01. The molecule has 15 heavy (non-hydrogen) atoms. The van der Waals surface area contributed by atoms with Crippen molar-refractivity contribution in [1.29, 1.82) is 0 Å². The number of carbonyl (C=O) groups is 1. The largest absolute Gasteiger partial charge is 0.468 e. The molecule has 82 valence electrons. The second-order valence-corrected chi connectivity index (χ2v) is 3.29. The highest BCUT2D eigenvalue weighted by Crippen LogP contribution is 2.00. The molecule has 1 atom stereocenters. The Labute approximate surface area is 91.9 Å². The molecule has 1 rings (SSSR count). The van der Waals surface area contributed by atoms with Crippen LogP contribution >= 0.6 is 0 Å². The number of ether oxygens (including phenoxy) is 1. The van der Waals surface area contributed by atoms with E-state index in [0.717, 1.165) is 5.56 Å². The van der Waals surface area contributed by atoms with Crippen LogP contribution in [0.2, 0.25) is 0 Å². The monoisotopic (exact) mass is 208 g/mol. The first-order valence-electron chi connectivity index (χ1n) is 5.71. The normalized spacial score (nSPS) is 13.0. The summed E-state index contributed by atoms with van der Waals surface area (Å²) in [5.41, 5.74) is 1.12. The Kier molecular flexibility index (Phi) is 4.20. The van der Waals surface area contributed by atoms with Crippen LogP contribution in [0.5, 0.6) is 0 Å². The van der Waals surface area contributed by atoms with Crippen molar-refractivity contribution in [3.8, 4) is 0 Å². The summed E-state index contributed by atoms with van der Waals surface area (Å²) in [5, 5.41) is 3.11. The van der Waals surface area contributed by atoms with Crippen LogP contribution in [-0.4, -0.2) is 19.1 Å². The molecule has 0 spiro atoms. The molecule has 0 bridgehead atoms. The standard InChI is InChI=1S/C12H17NO2/c1-3-11(12(14)15-2)13-9-10-7-5-4-6-8-10/h4-8,11,13H,3,9H2,1-2H3/i2D. The molecule has 0 radical (unpaired) electrons. The van der Waals surface area contributed by atoms with Gasteiger partial charge in [0.2, 0.25) is 0 Å². The molecule has 1 aromatic carbocycles. The highest BCUT2D eigenvalue weighted by Gasteiger charge is 2.15. The van der Waals surface area contributed by atoms with Gasteiger partial charge < -0.3 is 10.1 Å². The van der Waals surface area contributed by atoms with Crippen LogP contribution in [0, 0.1) is 0 Å². The van der Waals surface area contributed by atoms with Gasteiger partial charge in [-0.2, -0.15) is 0 Å². The zero-order chi connectivity index (χ0) is 11.8. The zero-order valence-corrected chi connectivity index (χ0v) is 8.90. The molecule has 1 unspecified atom stereocenters. The fourth-order valence-electron chi connectivity index (χ4n) is 1.33. The van der Waals surface area contributed by atoms with E-state index in [0.29, 0.717) is 13.0 Å². The molecule has 0 aromatic heterocycles. The Hall–Kier alpha value is -1.35. The lowest BCUT2D eigenvalue weighted by molar-refractivity contribution is -0.143. The van der Waals surface area contributed by atoms with Crippen LogP contribution in [0.3, 0.4) is 0 Å². The Morgan fingerprint density at radius 3 is 2.87 bits per heavy atom. The van der Waals surface area contributed by atoms with Crippen LogP contribution in [-0.2, 0) is 16.1 Å². The summed E-state index contributed by atoms with van der Waals surface area (Å²) >= 11 is 0. The van der Waals surface area contributed by atoms with Crippen molar-refractivity contribution in [2.45, 2.75) is 25.9 Å². The number of hydrogen-bond donors (Lipinski definition) is 1. The second kappa shape index (κ2) is 6.19. The van der Waals surface area contributed by atoms with Crippen LogP contribution in [0.1, 0.15) is 20.3 Å². The van der Waals surface area contributed by atoms with Gasteiger partial charge in [0.25, 0.3) is 0 Å². The van der Waals surface area contributed by atoms with Crippen molar-refractivity contribution in [1.82, 2.24) is 5.32 Å². The lowest BCUT2D eigenvalue weighted by Crippen LogP contribution is -2.36. The van der Waals surface area contributed by atoms with Gasteiger partial charge in [0, 0.05) is 6.54 Å². The highest BCUT2D eigenvalue weighted by atomic mass is 16.5. The van der Waals surface area contributed by atoms with Gasteiger partial charge in [-0.15, -0.1) is 0 Å². The fraction of sp³-hybridized carbons (Fsp3) is 0.417. The van der Waals surface area contributed by atoms with Crippen LogP contribution in [0.4, 0.5) is 0 Å². The third kappa shape index (κ3) is 3.72. The van der Waals surface area contributed by atoms with Crippen LogP contribution in [0.25, 0.3) is 0 Å². The van der Waals surface area contributed by atoms with Gasteiger partial charge in [-0.05, 0) is 12.0 Å². The Balaban J connectivity index is 2.43. The number of rotatable bonds is 5. The number of carbonyl (C=O) groups excluding carboxylic acids is 1. The van der Waals surface area contributed by atoms with Crippen molar-refractivity contribution >= 4 is 5.97 Å². The van der Waals surface area contributed by atoms with E-state index in [4.69, 9.17) is 1.37 Å². The summed E-state index contributed by atoms with van der Waals surface area (Å²) in [5.74, 6) is -0.353. The van der Waals surface area contributed by atoms with Gasteiger partial charge in [0.1, 0.15) is 6.04 Å². The molecule has 0 aliphatic rings. The SMILES string of the molecule is [2H]COC(=O)C(CC)NCc1ccccc1. The van der Waals surface area contributed by atoms with E-state index in [-0.39, 0.29) is 19.1 Å². The van der Waals surface area contributed by atoms with Gasteiger partial charge >= 0.3 is 5.97 Å². The molecule has 0 saturated heterocycles. The maximum atomic E-state index is 11.4. The van der Waals surface area contributed by atoms with Crippen molar-refractivity contribution in [3.05, 3.63) is 35.9 Å². The Bertz CT molecular complexity index is 316. The van der Waals surface area contributed by atoms with Crippen molar-refractivity contribution in [3.63, 3.8) is 0 Å². The van der Waals surface area contributed by atoms with Crippen molar-refractivity contribution in [2.24, 2.45) is 0 Å². The van der Waals surface area contributed by atoms with Gasteiger partial charge in [0.05, 0.1) is 8.46 Å². The molecule has 0 heterocycles. The van der Waals surface area contributed by atoms with Gasteiger partial charge in [-0.3, -0.25) is 4.79 Å². The van der Waals surface area contributed by atoms with E-state index in [1.165, 1.54) is 0 Å². The maximum Gasteiger partial charge on any atom is 0.322 e. The van der Waals surface area contributed by atoms with E-state index < -0.39 is 0 Å². The second-order valence-electron chi connectivity index (χ2n) is 3.29. The number of esters is 1. The summed E-state index contributed by atoms with van der Waals surface area (Å²) in [6, 6.07) is 9.53. The summed E-state index contributed by atoms with van der Waals surface area (Å²) in [6.07, 6.45) is 0.658. The summed E-state index contributed by atoms with van der Waals surface area (Å²) in [4.78, 5) is 11.4. The van der Waals surface area contributed by atoms with E-state index in [2.05, 4.69) is 10.1 Å². The van der Waals surface area contributed by atoms with Gasteiger partial charge in [-0.1, -0.05) is 37.3 Å². The molecule has 0 amide bonds. The Morgan fingerprint density at radius 2 is 2.27 bits per heavy atom. The minimum absolute atomic E-state index is 0.317. The molecule has 3 heteroatoms. The Morgan fingerprint density at radius 1 is 1.53 bits per heavy atom. The molecule has 0 aliphatic heterocycles. The first kappa shape index (κ1) is 10.2. The highest BCUT2D eigenvalue weighted by molar-refractivity contribution is 5.75. The average Bonchev–Trinajstić information content (AvgIpc) is 2.31. The predicted octanol–water partition coefficient (Wildman–Crippen LogP) is 1.73. The summed E-state index contributed by atoms with van der Waals surface area (Å²) in [6.45, 7) is 2.54. The van der Waals surface area contributed by atoms with Gasteiger partial charge in [0.15, 0.2) is 0 Å². The topological polar surface area (TPSA) is 38.3 Å². The molecular weight excluding hydrogens is 190 g/mol. The molecule has 0 saturated carbocycles. The van der Waals surface area contributed by atoms with E-state index >= 15 is 0 Å². The fourth-order valence-corrected chi connectivity index (χ4v) is 1.33. The van der Waals surface area contributed by atoms with E-state index in [1.54, 1.807) is 0 Å². The molecule has 0 fully saturated rings. The predicted molar refractivity (Wildman–Crippen MR) is 59.4 cm³/mol. The number of hydrogen-bond acceptors (Lipinski definition) is 3. The van der Waals surface area contributed by atoms with Crippen LogP contribution in [0.15, 0.2) is 30.3 Å². The third-order valence-electron chi connectivity index (χ3n) is 2.23. The molecule has 0 aliphatic carbocycles. The molecule has 3 nitrogen and oxygen atoms in total. The quantitative estimate of drug-likeness (QED) is 0.749. The van der Waals surface area contributed by atoms with Gasteiger partial charge in [-0.25, -0.2) is 0 Å². The van der Waals surface area contributed by atoms with Crippen molar-refractivity contribution < 1.29 is 10.9 Å². The summed E-state index contributed by atoms with van der Waals surface area (Å²) < 4.78 is 11.5. The smallest absolute Gasteiger partial charge is 0.322 e. The van der Waals surface area contributed by atoms with Crippen LogP contribution < -0.4 is 5.32 Å². The number of nitrogens with one attached hydrogen (secondary N) is 1. The maximum absolute atomic E-state index is 11.4. The van der Waals surface area contributed by atoms with E-state index in [9.17, 15) is 4.79 Å². The minimum atomic E-state index is -0.353. The molecular formula is C12H17NO2. The number of benzene rings is 1. The third-order valence-corrected chi connectivity index (χ3v) is 2.23. The first-order chi connectivity index (χ1) is 7.77. The molecule has 1 aromatic rings. The summed E-state index contributed by atoms with van der Waals surface area (Å²) in [7, 11) is -0.317. The lowest BCUT2D eigenvalue weighted by atomic mass is 10.2.